The zero-order chi connectivity index (χ0) is 16.4. The molecule has 2 heterocycles. The lowest BCUT2D eigenvalue weighted by Gasteiger charge is -2.07. The zero-order valence-electron chi connectivity index (χ0n) is 12.2. The molecule has 3 rings (SSSR count). The molecule has 0 bridgehead atoms. The summed E-state index contributed by atoms with van der Waals surface area (Å²) in [5, 5.41) is 8.45. The third kappa shape index (κ3) is 3.25. The van der Waals surface area contributed by atoms with Crippen LogP contribution in [0.4, 0.5) is 0 Å². The smallest absolute Gasteiger partial charge is 0.274 e. The fourth-order valence-electron chi connectivity index (χ4n) is 2.07. The molecule has 118 valence electrons. The van der Waals surface area contributed by atoms with Crippen LogP contribution >= 0.6 is 22.9 Å². The molecular weight excluding hydrogens is 336 g/mol. The van der Waals surface area contributed by atoms with E-state index in [4.69, 9.17) is 11.6 Å². The van der Waals surface area contributed by atoms with Crippen molar-refractivity contribution in [3.05, 3.63) is 62.0 Å². The molecule has 0 aliphatic carbocycles. The number of rotatable bonds is 4. The van der Waals surface area contributed by atoms with E-state index in [1.165, 1.54) is 21.9 Å². The quantitative estimate of drug-likeness (QED) is 0.784. The number of fused-ring (bicyclic) bond motifs is 1. The highest BCUT2D eigenvalue weighted by atomic mass is 35.5. The minimum atomic E-state index is -0.459. The van der Waals surface area contributed by atoms with Crippen molar-refractivity contribution in [2.75, 3.05) is 0 Å². The monoisotopic (exact) mass is 348 g/mol. The predicted octanol–water partition coefficient (Wildman–Crippen LogP) is 2.30. The molecule has 0 aliphatic heterocycles. The highest BCUT2D eigenvalue weighted by Gasteiger charge is 2.15. The Morgan fingerprint density at radius 3 is 2.91 bits per heavy atom. The summed E-state index contributed by atoms with van der Waals surface area (Å²) in [6.45, 7) is 2.22. The normalized spacial score (nSPS) is 10.9. The molecule has 1 aromatic carbocycles. The van der Waals surface area contributed by atoms with E-state index in [0.29, 0.717) is 16.4 Å². The number of hydrogen-bond donors (Lipinski definition) is 1. The van der Waals surface area contributed by atoms with Gasteiger partial charge in [0.05, 0.1) is 0 Å². The van der Waals surface area contributed by atoms with Crippen molar-refractivity contribution in [2.24, 2.45) is 0 Å². The van der Waals surface area contributed by atoms with Crippen LogP contribution in [0.3, 0.4) is 0 Å². The van der Waals surface area contributed by atoms with Crippen molar-refractivity contribution in [2.45, 2.75) is 19.9 Å². The number of aryl methyl sites for hydroxylation is 1. The molecule has 0 spiro atoms. The molecule has 2 aromatic heterocycles. The highest BCUT2D eigenvalue weighted by Crippen LogP contribution is 2.15. The number of nitrogens with zero attached hydrogens (tertiary/aromatic N) is 3. The van der Waals surface area contributed by atoms with Crippen molar-refractivity contribution in [1.82, 2.24) is 19.9 Å². The maximum Gasteiger partial charge on any atom is 0.274 e. The number of aromatic nitrogens is 3. The number of carbonyl (C=O) groups is 1. The average Bonchev–Trinajstić information content (AvgIpc) is 2.96. The van der Waals surface area contributed by atoms with Crippen LogP contribution in [0.25, 0.3) is 4.96 Å². The Labute approximate surface area is 140 Å². The summed E-state index contributed by atoms with van der Waals surface area (Å²) in [6.07, 6.45) is 0.711. The lowest BCUT2D eigenvalue weighted by Crippen LogP contribution is -2.27. The summed E-state index contributed by atoms with van der Waals surface area (Å²) in [6, 6.07) is 8.44. The molecule has 0 unspecified atom stereocenters. The average molecular weight is 349 g/mol. The molecular formula is C15H13ClN4O2S. The summed E-state index contributed by atoms with van der Waals surface area (Å²) >= 11 is 7.37. The second-order valence-corrected chi connectivity index (χ2v) is 6.25. The largest absolute Gasteiger partial charge is 0.347 e. The van der Waals surface area contributed by atoms with E-state index in [2.05, 4.69) is 15.4 Å². The van der Waals surface area contributed by atoms with Crippen molar-refractivity contribution >= 4 is 33.8 Å². The molecule has 3 aromatic rings. The molecule has 0 saturated carbocycles. The molecule has 23 heavy (non-hydrogen) atoms. The standard InChI is InChI=1S/C15H13ClN4O2S/c1-2-13-19-20-11(7-12(21)18-15(20)23-13)14(22)17-8-9-5-3-4-6-10(9)16/h3-7H,2,8H2,1H3,(H,17,22). The number of hydrogen-bond acceptors (Lipinski definition) is 5. The molecule has 6 nitrogen and oxygen atoms in total. The zero-order valence-corrected chi connectivity index (χ0v) is 13.8. The SMILES string of the molecule is CCc1nn2c(C(=O)NCc3ccccc3Cl)cc(=O)nc2s1. The molecule has 8 heteroatoms. The minimum absolute atomic E-state index is 0.169. The van der Waals surface area contributed by atoms with Crippen LogP contribution in [0.15, 0.2) is 35.1 Å². The summed E-state index contributed by atoms with van der Waals surface area (Å²) in [4.78, 5) is 28.4. The summed E-state index contributed by atoms with van der Waals surface area (Å²) in [5.74, 6) is -0.396. The third-order valence-electron chi connectivity index (χ3n) is 3.23. The Morgan fingerprint density at radius 1 is 1.39 bits per heavy atom. The van der Waals surface area contributed by atoms with Gasteiger partial charge in [0.2, 0.25) is 4.96 Å². The van der Waals surface area contributed by atoms with Gasteiger partial charge in [-0.3, -0.25) is 9.59 Å². The van der Waals surface area contributed by atoms with Gasteiger partial charge in [-0.2, -0.15) is 14.6 Å². The van der Waals surface area contributed by atoms with Crippen molar-refractivity contribution in [3.63, 3.8) is 0 Å². The fraction of sp³-hybridized carbons (Fsp3) is 0.200. The topological polar surface area (TPSA) is 76.4 Å². The number of carbonyl (C=O) groups excluding carboxylic acids is 1. The Bertz CT molecular complexity index is 935. The van der Waals surface area contributed by atoms with Crippen LogP contribution in [-0.2, 0) is 13.0 Å². The first-order valence-electron chi connectivity index (χ1n) is 7.00. The van der Waals surface area contributed by atoms with Gasteiger partial charge in [-0.1, -0.05) is 48.1 Å². The Morgan fingerprint density at radius 2 is 2.17 bits per heavy atom. The van der Waals surface area contributed by atoms with Crippen LogP contribution < -0.4 is 10.9 Å². The first-order valence-corrected chi connectivity index (χ1v) is 8.19. The van der Waals surface area contributed by atoms with Crippen LogP contribution in [-0.4, -0.2) is 20.5 Å². The maximum atomic E-state index is 12.4. The highest BCUT2D eigenvalue weighted by molar-refractivity contribution is 7.16. The van der Waals surface area contributed by atoms with E-state index in [-0.39, 0.29) is 12.2 Å². The maximum absolute atomic E-state index is 12.4. The van der Waals surface area contributed by atoms with Crippen LogP contribution in [0.1, 0.15) is 28.0 Å². The van der Waals surface area contributed by atoms with E-state index in [1.54, 1.807) is 6.07 Å². The van der Waals surface area contributed by atoms with Crippen molar-refractivity contribution < 1.29 is 4.79 Å². The van der Waals surface area contributed by atoms with Crippen molar-refractivity contribution in [3.8, 4) is 0 Å². The van der Waals surface area contributed by atoms with E-state index < -0.39 is 11.5 Å². The van der Waals surface area contributed by atoms with Gasteiger partial charge in [-0.05, 0) is 18.1 Å². The minimum Gasteiger partial charge on any atom is -0.347 e. The Kier molecular flexibility index (Phi) is 4.40. The lowest BCUT2D eigenvalue weighted by atomic mass is 10.2. The van der Waals surface area contributed by atoms with E-state index >= 15 is 0 Å². The molecule has 0 atom stereocenters. The number of nitrogens with one attached hydrogen (secondary N) is 1. The second-order valence-electron chi connectivity index (χ2n) is 4.80. The van der Waals surface area contributed by atoms with Gasteiger partial charge < -0.3 is 5.32 Å². The van der Waals surface area contributed by atoms with E-state index in [0.717, 1.165) is 10.6 Å². The number of halogens is 1. The van der Waals surface area contributed by atoms with E-state index in [1.807, 2.05) is 25.1 Å². The van der Waals surface area contributed by atoms with Gasteiger partial charge in [-0.25, -0.2) is 0 Å². The third-order valence-corrected chi connectivity index (χ3v) is 4.65. The number of amides is 1. The fourth-order valence-corrected chi connectivity index (χ4v) is 3.11. The molecule has 1 amide bonds. The molecule has 0 saturated heterocycles. The molecule has 0 radical (unpaired) electrons. The molecule has 0 aliphatic rings. The lowest BCUT2D eigenvalue weighted by molar-refractivity contribution is 0.0943. The van der Waals surface area contributed by atoms with Crippen molar-refractivity contribution in [1.29, 1.82) is 0 Å². The summed E-state index contributed by atoms with van der Waals surface area (Å²) < 4.78 is 1.41. The van der Waals surface area contributed by atoms with Gasteiger partial charge in [0.15, 0.2) is 0 Å². The van der Waals surface area contributed by atoms with Crippen LogP contribution in [0.5, 0.6) is 0 Å². The van der Waals surface area contributed by atoms with Crippen LogP contribution in [0, 0.1) is 0 Å². The van der Waals surface area contributed by atoms with Gasteiger partial charge in [0, 0.05) is 17.6 Å². The van der Waals surface area contributed by atoms with Crippen LogP contribution in [0.2, 0.25) is 5.02 Å². The first kappa shape index (κ1) is 15.6. The van der Waals surface area contributed by atoms with Gasteiger partial charge in [-0.15, -0.1) is 0 Å². The number of benzene rings is 1. The summed E-state index contributed by atoms with van der Waals surface area (Å²) in [7, 11) is 0. The first-order chi connectivity index (χ1) is 11.1. The molecule has 0 fully saturated rings. The van der Waals surface area contributed by atoms with Gasteiger partial charge in [0.1, 0.15) is 10.7 Å². The Balaban J connectivity index is 1.90. The van der Waals surface area contributed by atoms with E-state index in [9.17, 15) is 9.59 Å². The van der Waals surface area contributed by atoms with Gasteiger partial charge in [0.25, 0.3) is 11.5 Å². The second kappa shape index (κ2) is 6.47. The Hall–Kier alpha value is -2.25. The predicted molar refractivity (Wildman–Crippen MR) is 89.1 cm³/mol. The molecule has 1 N–H and O–H groups in total. The summed E-state index contributed by atoms with van der Waals surface area (Å²) in [5.41, 5.74) is 0.509. The van der Waals surface area contributed by atoms with Gasteiger partial charge >= 0.3 is 0 Å².